The molecule has 1 aliphatic carbocycles. The molecule has 0 bridgehead atoms. The van der Waals surface area contributed by atoms with Gasteiger partial charge < -0.3 is 25.0 Å². The lowest BCUT2D eigenvalue weighted by Crippen LogP contribution is -2.48. The number of methoxy groups -OCH3 is 2. The first-order chi connectivity index (χ1) is 14.9. The van der Waals surface area contributed by atoms with Crippen LogP contribution in [0.1, 0.15) is 51.5 Å². The van der Waals surface area contributed by atoms with Crippen molar-refractivity contribution >= 4 is 35.8 Å². The van der Waals surface area contributed by atoms with E-state index in [2.05, 4.69) is 35.5 Å². The van der Waals surface area contributed by atoms with Crippen LogP contribution in [-0.2, 0) is 10.2 Å². The van der Waals surface area contributed by atoms with Crippen LogP contribution in [-0.4, -0.2) is 63.7 Å². The van der Waals surface area contributed by atoms with Gasteiger partial charge in [-0.2, -0.15) is 0 Å². The Balaban J connectivity index is 0.00000363. The molecule has 2 N–H and O–H groups in total. The van der Waals surface area contributed by atoms with Gasteiger partial charge in [-0.1, -0.05) is 32.8 Å². The number of rotatable bonds is 7. The minimum absolute atomic E-state index is 0. The van der Waals surface area contributed by atoms with Gasteiger partial charge in [0, 0.05) is 44.1 Å². The van der Waals surface area contributed by atoms with E-state index in [0.29, 0.717) is 12.5 Å². The molecule has 1 aliphatic heterocycles. The highest BCUT2D eigenvalue weighted by molar-refractivity contribution is 14.0. The zero-order valence-corrected chi connectivity index (χ0v) is 22.4. The van der Waals surface area contributed by atoms with E-state index in [0.717, 1.165) is 55.4 Å². The summed E-state index contributed by atoms with van der Waals surface area (Å²) in [6, 6.07) is 6.28. The molecule has 180 valence electrons. The van der Waals surface area contributed by atoms with Crippen molar-refractivity contribution < 1.29 is 14.3 Å². The van der Waals surface area contributed by atoms with Crippen LogP contribution in [0.25, 0.3) is 0 Å². The van der Waals surface area contributed by atoms with Gasteiger partial charge in [0.05, 0.1) is 14.2 Å². The number of hydrogen-bond donors (Lipinski definition) is 2. The lowest BCUT2D eigenvalue weighted by Gasteiger charge is -2.28. The van der Waals surface area contributed by atoms with Crippen molar-refractivity contribution in [1.29, 1.82) is 0 Å². The van der Waals surface area contributed by atoms with Crippen molar-refractivity contribution in [3.8, 4) is 11.5 Å². The SMILES string of the molecule is CN=C(NCC(C)(C)c1ccc(OC)c(OC)c1)NC1CCN(C(=O)C2CCCC2)C1.I. The number of carbonyl (C=O) groups is 1. The van der Waals surface area contributed by atoms with Crippen molar-refractivity contribution in [2.75, 3.05) is 40.9 Å². The molecule has 32 heavy (non-hydrogen) atoms. The molecule has 0 aromatic heterocycles. The lowest BCUT2D eigenvalue weighted by atomic mass is 9.84. The van der Waals surface area contributed by atoms with Crippen LogP contribution in [0, 0.1) is 5.92 Å². The van der Waals surface area contributed by atoms with Gasteiger partial charge in [-0.15, -0.1) is 24.0 Å². The Bertz CT molecular complexity index is 793. The number of carbonyl (C=O) groups excluding carboxylic acids is 1. The van der Waals surface area contributed by atoms with Gasteiger partial charge in [-0.25, -0.2) is 0 Å². The van der Waals surface area contributed by atoms with Crippen LogP contribution in [0.2, 0.25) is 0 Å². The Morgan fingerprint density at radius 1 is 1.16 bits per heavy atom. The second kappa shape index (κ2) is 12.0. The predicted molar refractivity (Wildman–Crippen MR) is 139 cm³/mol. The average molecular weight is 559 g/mol. The van der Waals surface area contributed by atoms with Gasteiger partial charge in [0.1, 0.15) is 0 Å². The summed E-state index contributed by atoms with van der Waals surface area (Å²) in [6.45, 7) is 6.67. The summed E-state index contributed by atoms with van der Waals surface area (Å²) in [5, 5.41) is 6.97. The quantitative estimate of drug-likeness (QED) is 0.304. The number of hydrogen-bond acceptors (Lipinski definition) is 4. The van der Waals surface area contributed by atoms with Gasteiger partial charge in [0.2, 0.25) is 5.91 Å². The summed E-state index contributed by atoms with van der Waals surface area (Å²) in [4.78, 5) is 19.1. The molecule has 0 radical (unpaired) electrons. The van der Waals surface area contributed by atoms with Crippen molar-refractivity contribution in [3.05, 3.63) is 23.8 Å². The second-order valence-corrected chi connectivity index (χ2v) is 9.27. The first-order valence-electron chi connectivity index (χ1n) is 11.4. The Morgan fingerprint density at radius 2 is 1.84 bits per heavy atom. The summed E-state index contributed by atoms with van der Waals surface area (Å²) in [7, 11) is 5.08. The number of nitrogens with zero attached hydrogens (tertiary/aromatic N) is 2. The number of benzene rings is 1. The molecular weight excluding hydrogens is 519 g/mol. The van der Waals surface area contributed by atoms with Crippen molar-refractivity contribution in [2.24, 2.45) is 10.9 Å². The van der Waals surface area contributed by atoms with Gasteiger partial charge in [-0.3, -0.25) is 9.79 Å². The summed E-state index contributed by atoms with van der Waals surface area (Å²) >= 11 is 0. The first kappa shape index (κ1) is 26.5. The molecule has 2 aliphatic rings. The first-order valence-corrected chi connectivity index (χ1v) is 11.4. The monoisotopic (exact) mass is 558 g/mol. The highest BCUT2D eigenvalue weighted by Crippen LogP contribution is 2.33. The van der Waals surface area contributed by atoms with Gasteiger partial charge in [-0.05, 0) is 37.0 Å². The lowest BCUT2D eigenvalue weighted by molar-refractivity contribution is -0.134. The maximum Gasteiger partial charge on any atom is 0.225 e. The predicted octanol–water partition coefficient (Wildman–Crippen LogP) is 3.56. The molecule has 1 aromatic carbocycles. The Labute approximate surface area is 209 Å². The molecule has 1 aromatic rings. The van der Waals surface area contributed by atoms with Crippen LogP contribution >= 0.6 is 24.0 Å². The van der Waals surface area contributed by atoms with E-state index in [1.807, 2.05) is 17.0 Å². The van der Waals surface area contributed by atoms with E-state index >= 15 is 0 Å². The van der Waals surface area contributed by atoms with Crippen LogP contribution in [0.3, 0.4) is 0 Å². The van der Waals surface area contributed by atoms with Gasteiger partial charge in [0.15, 0.2) is 17.5 Å². The number of halogens is 1. The van der Waals surface area contributed by atoms with E-state index in [4.69, 9.17) is 9.47 Å². The number of ether oxygens (including phenoxy) is 2. The Hall–Kier alpha value is -1.71. The Morgan fingerprint density at radius 3 is 2.47 bits per heavy atom. The maximum absolute atomic E-state index is 12.7. The largest absolute Gasteiger partial charge is 0.493 e. The second-order valence-electron chi connectivity index (χ2n) is 9.27. The highest BCUT2D eigenvalue weighted by Gasteiger charge is 2.32. The third kappa shape index (κ3) is 6.42. The third-order valence-corrected chi connectivity index (χ3v) is 6.63. The molecule has 3 rings (SSSR count). The van der Waals surface area contributed by atoms with E-state index in [1.165, 1.54) is 12.8 Å². The minimum Gasteiger partial charge on any atom is -0.493 e. The number of amides is 1. The molecule has 1 saturated heterocycles. The zero-order valence-electron chi connectivity index (χ0n) is 20.1. The third-order valence-electron chi connectivity index (χ3n) is 6.63. The fourth-order valence-electron chi connectivity index (χ4n) is 4.56. The van der Waals surface area contributed by atoms with Crippen LogP contribution in [0.15, 0.2) is 23.2 Å². The molecule has 1 unspecified atom stereocenters. The normalized spacial score (nSPS) is 19.5. The zero-order chi connectivity index (χ0) is 22.4. The maximum atomic E-state index is 12.7. The fraction of sp³-hybridized carbons (Fsp3) is 0.667. The number of aliphatic imine (C=N–C) groups is 1. The molecule has 1 amide bonds. The van der Waals surface area contributed by atoms with E-state index in [1.54, 1.807) is 21.3 Å². The molecule has 2 fully saturated rings. The number of nitrogens with one attached hydrogen (secondary N) is 2. The Kier molecular flexibility index (Phi) is 9.91. The number of guanidine groups is 1. The smallest absolute Gasteiger partial charge is 0.225 e. The molecule has 0 spiro atoms. The fourth-order valence-corrected chi connectivity index (χ4v) is 4.56. The van der Waals surface area contributed by atoms with Crippen molar-refractivity contribution in [2.45, 2.75) is 57.4 Å². The molecule has 1 saturated carbocycles. The molecule has 8 heteroatoms. The highest BCUT2D eigenvalue weighted by atomic mass is 127. The summed E-state index contributed by atoms with van der Waals surface area (Å²) in [5.41, 5.74) is 1.01. The van der Waals surface area contributed by atoms with Crippen LogP contribution in [0.5, 0.6) is 11.5 Å². The van der Waals surface area contributed by atoms with E-state index in [9.17, 15) is 4.79 Å². The molecule has 7 nitrogen and oxygen atoms in total. The van der Waals surface area contributed by atoms with Crippen molar-refractivity contribution in [1.82, 2.24) is 15.5 Å². The summed E-state index contributed by atoms with van der Waals surface area (Å²) in [6.07, 6.45) is 5.46. The average Bonchev–Trinajstić information content (AvgIpc) is 3.48. The van der Waals surface area contributed by atoms with Gasteiger partial charge >= 0.3 is 0 Å². The van der Waals surface area contributed by atoms with E-state index < -0.39 is 0 Å². The molecule has 1 heterocycles. The topological polar surface area (TPSA) is 75.2 Å². The number of likely N-dealkylation sites (tertiary alicyclic amines) is 1. The summed E-state index contributed by atoms with van der Waals surface area (Å²) < 4.78 is 10.8. The van der Waals surface area contributed by atoms with E-state index in [-0.39, 0.29) is 41.4 Å². The molecular formula is C24H39IN4O3. The minimum atomic E-state index is -0.142. The van der Waals surface area contributed by atoms with Crippen LogP contribution in [0.4, 0.5) is 0 Å². The molecule has 1 atom stereocenters. The standard InChI is InChI=1S/C24H38N4O3.HI/c1-24(2,18-10-11-20(30-4)21(14-18)31-5)16-26-23(25-3)27-19-12-13-28(15-19)22(29)17-8-6-7-9-17;/h10-11,14,17,19H,6-9,12-13,15-16H2,1-5H3,(H2,25,26,27);1H. The van der Waals surface area contributed by atoms with Crippen LogP contribution < -0.4 is 20.1 Å². The van der Waals surface area contributed by atoms with Crippen molar-refractivity contribution in [3.63, 3.8) is 0 Å². The van der Waals surface area contributed by atoms with Gasteiger partial charge in [0.25, 0.3) is 0 Å². The summed E-state index contributed by atoms with van der Waals surface area (Å²) in [5.74, 6) is 2.82.